The molecule has 27 heavy (non-hydrogen) atoms. The number of methoxy groups -OCH3 is 1. The van der Waals surface area contributed by atoms with E-state index < -0.39 is 0 Å². The third-order valence-corrected chi connectivity index (χ3v) is 4.61. The first-order chi connectivity index (χ1) is 13.2. The Labute approximate surface area is 156 Å². The zero-order chi connectivity index (χ0) is 18.8. The molecule has 1 N–H and O–H groups in total. The molecule has 0 bridgehead atoms. The fourth-order valence-corrected chi connectivity index (χ4v) is 3.24. The molecule has 3 aromatic carbocycles. The monoisotopic (exact) mass is 357 g/mol. The Balaban J connectivity index is 1.99. The van der Waals surface area contributed by atoms with E-state index in [1.165, 1.54) is 4.57 Å². The topological polar surface area (TPSA) is 60.0 Å². The summed E-state index contributed by atoms with van der Waals surface area (Å²) in [6, 6.07) is 24.6. The van der Waals surface area contributed by atoms with Gasteiger partial charge in [-0.1, -0.05) is 42.5 Å². The van der Waals surface area contributed by atoms with Gasteiger partial charge in [-0.25, -0.2) is 9.36 Å². The van der Waals surface area contributed by atoms with Crippen LogP contribution >= 0.6 is 0 Å². The number of nitrogens with zero attached hydrogens (tertiary/aromatic N) is 2. The molecule has 0 unspecified atom stereocenters. The zero-order valence-corrected chi connectivity index (χ0v) is 14.9. The maximum absolute atomic E-state index is 13.3. The van der Waals surface area contributed by atoms with Crippen molar-refractivity contribution >= 4 is 10.9 Å². The molecule has 0 aliphatic heterocycles. The summed E-state index contributed by atoms with van der Waals surface area (Å²) in [5.41, 5.74) is 2.35. The minimum Gasteiger partial charge on any atom is -0.497 e. The van der Waals surface area contributed by atoms with Gasteiger partial charge in [0.15, 0.2) is 0 Å². The first-order valence-corrected chi connectivity index (χ1v) is 8.66. The Morgan fingerprint density at radius 3 is 2.26 bits per heavy atom. The van der Waals surface area contributed by atoms with Gasteiger partial charge < -0.3 is 4.74 Å². The number of ether oxygens (including phenoxy) is 1. The number of nitrogens with one attached hydrogen (secondary N) is 1. The van der Waals surface area contributed by atoms with Crippen LogP contribution in [0.1, 0.15) is 5.56 Å². The van der Waals surface area contributed by atoms with E-state index in [1.807, 2.05) is 54.6 Å². The van der Waals surface area contributed by atoms with E-state index in [2.05, 4.69) is 0 Å². The average molecular weight is 357 g/mol. The fourth-order valence-electron chi connectivity index (χ4n) is 3.24. The van der Waals surface area contributed by atoms with E-state index in [4.69, 9.17) is 10.1 Å². The molecule has 0 radical (unpaired) electrons. The molecule has 0 aliphatic carbocycles. The van der Waals surface area contributed by atoms with Crippen molar-refractivity contribution in [2.75, 3.05) is 7.11 Å². The van der Waals surface area contributed by atoms with E-state index in [0.717, 1.165) is 16.5 Å². The van der Waals surface area contributed by atoms with Crippen LogP contribution in [0.25, 0.3) is 16.6 Å². The molecule has 4 rings (SSSR count). The summed E-state index contributed by atoms with van der Waals surface area (Å²) in [5.74, 6) is 0.705. The largest absolute Gasteiger partial charge is 0.497 e. The van der Waals surface area contributed by atoms with Gasteiger partial charge in [-0.15, -0.1) is 0 Å². The van der Waals surface area contributed by atoms with Crippen molar-refractivity contribution in [1.29, 1.82) is 5.41 Å². The van der Waals surface area contributed by atoms with Crippen LogP contribution in [0.3, 0.4) is 0 Å². The van der Waals surface area contributed by atoms with Gasteiger partial charge in [0, 0.05) is 5.39 Å². The van der Waals surface area contributed by atoms with Crippen molar-refractivity contribution in [3.8, 4) is 11.4 Å². The molecular formula is C22H19N3O2. The smallest absolute Gasteiger partial charge is 0.335 e. The summed E-state index contributed by atoms with van der Waals surface area (Å²) in [6.07, 6.45) is 0. The summed E-state index contributed by atoms with van der Waals surface area (Å²) >= 11 is 0. The lowest BCUT2D eigenvalue weighted by molar-refractivity contribution is 0.414. The van der Waals surface area contributed by atoms with Crippen molar-refractivity contribution < 1.29 is 4.74 Å². The van der Waals surface area contributed by atoms with Crippen molar-refractivity contribution in [3.05, 3.63) is 100 Å². The van der Waals surface area contributed by atoms with Crippen LogP contribution in [0.15, 0.2) is 83.7 Å². The van der Waals surface area contributed by atoms with Crippen LogP contribution in [-0.2, 0) is 6.54 Å². The average Bonchev–Trinajstić information content (AvgIpc) is 2.72. The molecule has 5 heteroatoms. The number of benzene rings is 3. The molecule has 5 nitrogen and oxygen atoms in total. The van der Waals surface area contributed by atoms with E-state index in [9.17, 15) is 4.79 Å². The highest BCUT2D eigenvalue weighted by molar-refractivity contribution is 5.78. The van der Waals surface area contributed by atoms with Crippen molar-refractivity contribution in [1.82, 2.24) is 9.13 Å². The number of para-hydroxylation sites is 1. The number of aromatic nitrogens is 2. The van der Waals surface area contributed by atoms with Gasteiger partial charge in [0.1, 0.15) is 11.2 Å². The molecule has 1 aromatic heterocycles. The number of fused-ring (bicyclic) bond motifs is 1. The predicted octanol–water partition coefficient (Wildman–Crippen LogP) is 3.33. The Hall–Kier alpha value is -3.60. The predicted molar refractivity (Wildman–Crippen MR) is 105 cm³/mol. The minimum absolute atomic E-state index is 0.171. The number of rotatable bonds is 4. The van der Waals surface area contributed by atoms with Crippen molar-refractivity contribution in [2.24, 2.45) is 0 Å². The van der Waals surface area contributed by atoms with Gasteiger partial charge in [-0.05, 0) is 42.0 Å². The Kier molecular flexibility index (Phi) is 4.34. The van der Waals surface area contributed by atoms with Crippen LogP contribution in [-0.4, -0.2) is 16.2 Å². The molecular weight excluding hydrogens is 338 g/mol. The standard InChI is InChI=1S/C22H19N3O2/c1-27-18-13-11-17(12-14-18)25-21(23)19-9-5-6-10-20(19)24(22(25)26)15-16-7-3-2-4-8-16/h2-14,23H,15H2,1H3. The zero-order valence-electron chi connectivity index (χ0n) is 14.9. The lowest BCUT2D eigenvalue weighted by atomic mass is 10.2. The van der Waals surface area contributed by atoms with Crippen LogP contribution in [0.2, 0.25) is 0 Å². The Bertz CT molecular complexity index is 1210. The lowest BCUT2D eigenvalue weighted by Gasteiger charge is -2.15. The SMILES string of the molecule is COc1ccc(-n2c(=N)c3ccccc3n(Cc3ccccc3)c2=O)cc1. The molecule has 0 saturated heterocycles. The van der Waals surface area contributed by atoms with Crippen LogP contribution in [0.5, 0.6) is 5.75 Å². The molecule has 0 fully saturated rings. The van der Waals surface area contributed by atoms with Gasteiger partial charge in [0.25, 0.3) is 0 Å². The Morgan fingerprint density at radius 2 is 1.56 bits per heavy atom. The molecule has 0 amide bonds. The molecule has 0 saturated carbocycles. The van der Waals surface area contributed by atoms with Crippen molar-refractivity contribution in [3.63, 3.8) is 0 Å². The summed E-state index contributed by atoms with van der Waals surface area (Å²) in [5, 5.41) is 9.34. The quantitative estimate of drug-likeness (QED) is 0.609. The molecule has 134 valence electrons. The van der Waals surface area contributed by atoms with Gasteiger partial charge in [0.05, 0.1) is 24.9 Å². The van der Waals surface area contributed by atoms with Crippen LogP contribution < -0.4 is 15.9 Å². The second kappa shape index (κ2) is 6.96. The van der Waals surface area contributed by atoms with E-state index >= 15 is 0 Å². The molecule has 4 aromatic rings. The summed E-state index contributed by atoms with van der Waals surface area (Å²) < 4.78 is 8.35. The Morgan fingerprint density at radius 1 is 0.889 bits per heavy atom. The van der Waals surface area contributed by atoms with Gasteiger partial charge in [-0.3, -0.25) is 9.98 Å². The molecule has 0 spiro atoms. The van der Waals surface area contributed by atoms with Gasteiger partial charge >= 0.3 is 5.69 Å². The van der Waals surface area contributed by atoms with E-state index in [0.29, 0.717) is 18.0 Å². The minimum atomic E-state index is -0.243. The third-order valence-electron chi connectivity index (χ3n) is 4.61. The second-order valence-electron chi connectivity index (χ2n) is 6.25. The highest BCUT2D eigenvalue weighted by atomic mass is 16.5. The van der Waals surface area contributed by atoms with E-state index in [1.54, 1.807) is 35.9 Å². The normalized spacial score (nSPS) is 10.9. The highest BCUT2D eigenvalue weighted by Crippen LogP contribution is 2.15. The maximum Gasteiger partial charge on any atom is 0.335 e. The molecule has 1 heterocycles. The summed E-state index contributed by atoms with van der Waals surface area (Å²) in [6.45, 7) is 0.441. The second-order valence-corrected chi connectivity index (χ2v) is 6.25. The van der Waals surface area contributed by atoms with Crippen LogP contribution in [0.4, 0.5) is 0 Å². The van der Waals surface area contributed by atoms with Crippen molar-refractivity contribution in [2.45, 2.75) is 6.54 Å². The fraction of sp³-hybridized carbons (Fsp3) is 0.0909. The summed E-state index contributed by atoms with van der Waals surface area (Å²) in [4.78, 5) is 13.3. The molecule has 0 aliphatic rings. The van der Waals surface area contributed by atoms with Gasteiger partial charge in [0.2, 0.25) is 0 Å². The van der Waals surface area contributed by atoms with Gasteiger partial charge in [-0.2, -0.15) is 0 Å². The number of hydrogen-bond acceptors (Lipinski definition) is 3. The van der Waals surface area contributed by atoms with Crippen LogP contribution in [0, 0.1) is 5.41 Å². The molecule has 0 atom stereocenters. The maximum atomic E-state index is 13.3. The first kappa shape index (κ1) is 16.8. The highest BCUT2D eigenvalue weighted by Gasteiger charge is 2.12. The number of hydrogen-bond donors (Lipinski definition) is 1. The lowest BCUT2D eigenvalue weighted by Crippen LogP contribution is -2.39. The first-order valence-electron chi connectivity index (χ1n) is 8.66. The van der Waals surface area contributed by atoms with E-state index in [-0.39, 0.29) is 11.2 Å². The summed E-state index contributed by atoms with van der Waals surface area (Å²) in [7, 11) is 1.60. The third kappa shape index (κ3) is 3.04.